The second-order valence-electron chi connectivity index (χ2n) is 7.54. The molecule has 0 aliphatic carbocycles. The Hall–Kier alpha value is -4.14. The monoisotopic (exact) mass is 461 g/mol. The summed E-state index contributed by atoms with van der Waals surface area (Å²) >= 11 is 0. The molecule has 0 atom stereocenters. The van der Waals surface area contributed by atoms with Gasteiger partial charge in [0, 0.05) is 36.0 Å². The summed E-state index contributed by atoms with van der Waals surface area (Å²) in [5.41, 5.74) is 9.02. The number of carbonyl (C=O) groups is 1. The van der Waals surface area contributed by atoms with Crippen molar-refractivity contribution in [3.63, 3.8) is 0 Å². The van der Waals surface area contributed by atoms with Gasteiger partial charge in [-0.05, 0) is 55.0 Å². The predicted molar refractivity (Wildman–Crippen MR) is 133 cm³/mol. The standard InChI is InChI=1S/C25H27N5O4/c1-5-27-14-29-25(26)30(6-2)21-8-7-15(12-28-21)22-18-11-20(33-4)19(32-3)10-16(18)9-17-13-34-24(31)23(17)22/h7-12,14H,5-6,13H2,1-4H3,(H2,26,27,29). The lowest BCUT2D eigenvalue weighted by Crippen LogP contribution is -2.37. The first-order valence-corrected chi connectivity index (χ1v) is 11.0. The summed E-state index contributed by atoms with van der Waals surface area (Å²) in [7, 11) is 3.17. The number of guanidine groups is 1. The molecule has 1 aliphatic heterocycles. The Morgan fingerprint density at radius 3 is 2.59 bits per heavy atom. The van der Waals surface area contributed by atoms with Crippen LogP contribution >= 0.6 is 0 Å². The van der Waals surface area contributed by atoms with Gasteiger partial charge >= 0.3 is 5.97 Å². The van der Waals surface area contributed by atoms with E-state index in [0.29, 0.717) is 41.9 Å². The summed E-state index contributed by atoms with van der Waals surface area (Å²) in [6.07, 6.45) is 3.17. The van der Waals surface area contributed by atoms with Crippen LogP contribution in [-0.2, 0) is 11.3 Å². The van der Waals surface area contributed by atoms with E-state index < -0.39 is 0 Å². The van der Waals surface area contributed by atoms with E-state index >= 15 is 0 Å². The number of nitrogens with zero attached hydrogens (tertiary/aromatic N) is 4. The molecule has 34 heavy (non-hydrogen) atoms. The molecule has 0 saturated heterocycles. The van der Waals surface area contributed by atoms with Crippen molar-refractivity contribution in [2.45, 2.75) is 20.5 Å². The van der Waals surface area contributed by atoms with Crippen molar-refractivity contribution in [3.05, 3.63) is 47.7 Å². The van der Waals surface area contributed by atoms with Gasteiger partial charge < -0.3 is 19.9 Å². The quantitative estimate of drug-likeness (QED) is 0.324. The van der Waals surface area contributed by atoms with Gasteiger partial charge in [-0.15, -0.1) is 0 Å². The minimum absolute atomic E-state index is 0.229. The topological polar surface area (TPSA) is 112 Å². The lowest BCUT2D eigenvalue weighted by molar-refractivity contribution is 0.0535. The van der Waals surface area contributed by atoms with Crippen LogP contribution in [0.3, 0.4) is 0 Å². The maximum absolute atomic E-state index is 12.7. The van der Waals surface area contributed by atoms with Crippen LogP contribution in [-0.4, -0.2) is 50.6 Å². The Balaban J connectivity index is 1.85. The van der Waals surface area contributed by atoms with Crippen molar-refractivity contribution in [1.82, 2.24) is 4.98 Å². The molecular weight excluding hydrogens is 434 g/mol. The van der Waals surface area contributed by atoms with Gasteiger partial charge in [0.25, 0.3) is 0 Å². The summed E-state index contributed by atoms with van der Waals surface area (Å²) in [5.74, 6) is 1.76. The highest BCUT2D eigenvalue weighted by atomic mass is 16.5. The van der Waals surface area contributed by atoms with E-state index in [-0.39, 0.29) is 12.6 Å². The minimum atomic E-state index is -0.354. The number of ether oxygens (including phenoxy) is 3. The Morgan fingerprint density at radius 1 is 1.18 bits per heavy atom. The Bertz CT molecular complexity index is 1280. The molecule has 2 N–H and O–H groups in total. The zero-order chi connectivity index (χ0) is 24.2. The molecule has 3 aromatic rings. The number of hydrogen-bond donors (Lipinski definition) is 1. The lowest BCUT2D eigenvalue weighted by atomic mass is 9.91. The number of aromatic nitrogens is 1. The molecule has 9 nitrogen and oxygen atoms in total. The van der Waals surface area contributed by atoms with E-state index in [2.05, 4.69) is 15.0 Å². The van der Waals surface area contributed by atoms with Crippen molar-refractivity contribution in [1.29, 1.82) is 0 Å². The lowest BCUT2D eigenvalue weighted by Gasteiger charge is -2.21. The largest absolute Gasteiger partial charge is 0.493 e. The molecule has 176 valence electrons. The van der Waals surface area contributed by atoms with Gasteiger partial charge in [-0.3, -0.25) is 9.89 Å². The van der Waals surface area contributed by atoms with E-state index in [9.17, 15) is 4.79 Å². The molecular formula is C25H27N5O4. The highest BCUT2D eigenvalue weighted by Crippen LogP contribution is 2.42. The maximum Gasteiger partial charge on any atom is 0.339 e. The summed E-state index contributed by atoms with van der Waals surface area (Å²) in [6, 6.07) is 9.49. The number of rotatable bonds is 7. The van der Waals surface area contributed by atoms with Gasteiger partial charge in [0.1, 0.15) is 18.8 Å². The van der Waals surface area contributed by atoms with E-state index in [1.807, 2.05) is 44.2 Å². The summed E-state index contributed by atoms with van der Waals surface area (Å²) in [6.45, 7) is 5.32. The van der Waals surface area contributed by atoms with Crippen molar-refractivity contribution in [2.24, 2.45) is 15.7 Å². The highest BCUT2D eigenvalue weighted by molar-refractivity contribution is 6.11. The Morgan fingerprint density at radius 2 is 1.94 bits per heavy atom. The minimum Gasteiger partial charge on any atom is -0.493 e. The van der Waals surface area contributed by atoms with E-state index in [1.165, 1.54) is 6.34 Å². The number of esters is 1. The van der Waals surface area contributed by atoms with Crippen LogP contribution in [0.15, 0.2) is 46.5 Å². The molecule has 0 fully saturated rings. The third kappa shape index (κ3) is 4.12. The van der Waals surface area contributed by atoms with Gasteiger partial charge in [0.05, 0.1) is 19.8 Å². The van der Waals surface area contributed by atoms with Crippen LogP contribution in [0.2, 0.25) is 0 Å². The van der Waals surface area contributed by atoms with Crippen LogP contribution in [0.25, 0.3) is 21.9 Å². The summed E-state index contributed by atoms with van der Waals surface area (Å²) < 4.78 is 16.3. The molecule has 4 rings (SSSR count). The SMILES string of the molecule is CCN=CN=C(N)N(CC)c1ccc(-c2c3c(cc4cc(OC)c(OC)cc24)COC3=O)cn1. The third-order valence-corrected chi connectivity index (χ3v) is 5.65. The van der Waals surface area contributed by atoms with Crippen LogP contribution in [0, 0.1) is 0 Å². The fourth-order valence-electron chi connectivity index (χ4n) is 4.03. The number of pyridine rings is 1. The first-order valence-electron chi connectivity index (χ1n) is 11.0. The van der Waals surface area contributed by atoms with Crippen LogP contribution in [0.5, 0.6) is 11.5 Å². The number of anilines is 1. The van der Waals surface area contributed by atoms with Crippen LogP contribution < -0.4 is 20.1 Å². The third-order valence-electron chi connectivity index (χ3n) is 5.65. The van der Waals surface area contributed by atoms with Gasteiger partial charge in [-0.1, -0.05) is 0 Å². The van der Waals surface area contributed by atoms with Crippen molar-refractivity contribution < 1.29 is 19.0 Å². The van der Waals surface area contributed by atoms with Gasteiger partial charge in [-0.25, -0.2) is 14.8 Å². The van der Waals surface area contributed by atoms with E-state index in [1.54, 1.807) is 25.3 Å². The molecule has 0 spiro atoms. The molecule has 2 aromatic carbocycles. The van der Waals surface area contributed by atoms with Crippen molar-refractivity contribution in [3.8, 4) is 22.6 Å². The number of fused-ring (bicyclic) bond motifs is 2. The smallest absolute Gasteiger partial charge is 0.339 e. The second kappa shape index (κ2) is 9.78. The number of carbonyl (C=O) groups excluding carboxylic acids is 1. The first-order chi connectivity index (χ1) is 16.5. The number of aliphatic imine (C=N–C) groups is 2. The zero-order valence-electron chi connectivity index (χ0n) is 19.7. The van der Waals surface area contributed by atoms with Crippen molar-refractivity contribution >= 4 is 34.9 Å². The zero-order valence-corrected chi connectivity index (χ0v) is 19.7. The van der Waals surface area contributed by atoms with Crippen molar-refractivity contribution in [2.75, 3.05) is 32.2 Å². The number of cyclic esters (lactones) is 1. The molecule has 9 heteroatoms. The highest BCUT2D eigenvalue weighted by Gasteiger charge is 2.28. The van der Waals surface area contributed by atoms with Crippen LogP contribution in [0.4, 0.5) is 5.82 Å². The molecule has 1 aromatic heterocycles. The van der Waals surface area contributed by atoms with Gasteiger partial charge in [0.2, 0.25) is 5.96 Å². The Kier molecular flexibility index (Phi) is 6.62. The fraction of sp³-hybridized carbons (Fsp3) is 0.280. The second-order valence-corrected chi connectivity index (χ2v) is 7.54. The average Bonchev–Trinajstić information content (AvgIpc) is 3.22. The summed E-state index contributed by atoms with van der Waals surface area (Å²) in [5, 5.41) is 1.75. The summed E-state index contributed by atoms with van der Waals surface area (Å²) in [4.78, 5) is 27.3. The molecule has 0 radical (unpaired) electrons. The van der Waals surface area contributed by atoms with Crippen LogP contribution in [0.1, 0.15) is 29.8 Å². The predicted octanol–water partition coefficient (Wildman–Crippen LogP) is 3.78. The normalized spacial score (nSPS) is 13.3. The molecule has 0 amide bonds. The molecule has 0 saturated carbocycles. The molecule has 1 aliphatic rings. The fourth-order valence-corrected chi connectivity index (χ4v) is 4.03. The van der Waals surface area contributed by atoms with Gasteiger partial charge in [-0.2, -0.15) is 0 Å². The Labute approximate surface area is 197 Å². The number of benzene rings is 2. The maximum atomic E-state index is 12.7. The molecule has 0 unspecified atom stereocenters. The average molecular weight is 462 g/mol. The first kappa shape index (κ1) is 23.0. The van der Waals surface area contributed by atoms with E-state index in [0.717, 1.165) is 27.5 Å². The van der Waals surface area contributed by atoms with E-state index in [4.69, 9.17) is 19.9 Å². The molecule has 2 heterocycles. The number of methoxy groups -OCH3 is 2. The molecule has 0 bridgehead atoms. The van der Waals surface area contributed by atoms with Gasteiger partial charge in [0.15, 0.2) is 11.5 Å². The number of nitrogens with two attached hydrogens (primary N) is 1. The number of hydrogen-bond acceptors (Lipinski definition) is 6.